The number of furan rings is 1. The molecule has 1 unspecified atom stereocenters. The van der Waals surface area contributed by atoms with E-state index in [0.29, 0.717) is 24.4 Å². The zero-order valence-electron chi connectivity index (χ0n) is 16.3. The highest BCUT2D eigenvalue weighted by Crippen LogP contribution is 2.22. The lowest BCUT2D eigenvalue weighted by atomic mass is 9.87. The van der Waals surface area contributed by atoms with E-state index in [-0.39, 0.29) is 23.7 Å². The second-order valence-corrected chi connectivity index (χ2v) is 8.03. The van der Waals surface area contributed by atoms with Gasteiger partial charge in [-0.3, -0.25) is 25.2 Å². The summed E-state index contributed by atoms with van der Waals surface area (Å²) in [4.78, 5) is 38.3. The molecule has 0 bridgehead atoms. The van der Waals surface area contributed by atoms with Gasteiger partial charge in [-0.15, -0.1) is 0 Å². The van der Waals surface area contributed by atoms with Crippen LogP contribution in [-0.2, 0) is 21.5 Å². The molecule has 7 nitrogen and oxygen atoms in total. The van der Waals surface area contributed by atoms with Crippen LogP contribution in [0.3, 0.4) is 0 Å². The van der Waals surface area contributed by atoms with Crippen LogP contribution in [0.4, 0.5) is 0 Å². The molecule has 7 heteroatoms. The van der Waals surface area contributed by atoms with Crippen molar-refractivity contribution in [3.8, 4) is 0 Å². The molecule has 0 spiro atoms. The Balaban J connectivity index is 1.51. The first-order valence-electron chi connectivity index (χ1n) is 9.25. The van der Waals surface area contributed by atoms with Gasteiger partial charge < -0.3 is 9.32 Å². The summed E-state index contributed by atoms with van der Waals surface area (Å²) in [6, 6.07) is 10.8. The van der Waals surface area contributed by atoms with Crippen molar-refractivity contribution in [1.82, 2.24) is 15.8 Å². The normalized spacial score (nSPS) is 16.9. The number of amides is 3. The van der Waals surface area contributed by atoms with Crippen LogP contribution in [-0.4, -0.2) is 29.2 Å². The van der Waals surface area contributed by atoms with Crippen molar-refractivity contribution < 1.29 is 18.8 Å². The molecule has 2 aromatic rings. The van der Waals surface area contributed by atoms with Crippen LogP contribution >= 0.6 is 0 Å². The largest absolute Gasteiger partial charge is 0.467 e. The highest BCUT2D eigenvalue weighted by molar-refractivity contribution is 5.96. The molecule has 3 rings (SSSR count). The van der Waals surface area contributed by atoms with Crippen LogP contribution in [0.1, 0.15) is 48.9 Å². The van der Waals surface area contributed by atoms with Gasteiger partial charge in [0, 0.05) is 18.5 Å². The Morgan fingerprint density at radius 2 is 1.86 bits per heavy atom. The minimum atomic E-state index is -0.508. The maximum absolute atomic E-state index is 12.3. The monoisotopic (exact) mass is 383 g/mol. The third kappa shape index (κ3) is 4.60. The third-order valence-electron chi connectivity index (χ3n) is 4.82. The molecule has 0 aliphatic carbocycles. The second-order valence-electron chi connectivity index (χ2n) is 8.03. The average molecular weight is 383 g/mol. The summed E-state index contributed by atoms with van der Waals surface area (Å²) in [5.41, 5.74) is 6.42. The summed E-state index contributed by atoms with van der Waals surface area (Å²) >= 11 is 0. The fraction of sp³-hybridized carbons (Fsp3) is 0.381. The van der Waals surface area contributed by atoms with Gasteiger partial charge in [0.05, 0.1) is 18.7 Å². The molecule has 148 valence electrons. The van der Waals surface area contributed by atoms with E-state index in [0.717, 1.165) is 5.56 Å². The summed E-state index contributed by atoms with van der Waals surface area (Å²) in [6.07, 6.45) is 1.66. The fourth-order valence-corrected chi connectivity index (χ4v) is 3.11. The number of hydrogen-bond donors (Lipinski definition) is 2. The van der Waals surface area contributed by atoms with Crippen molar-refractivity contribution in [2.45, 2.75) is 39.2 Å². The van der Waals surface area contributed by atoms with Gasteiger partial charge in [0.15, 0.2) is 0 Å². The molecule has 3 amide bonds. The molecule has 1 aromatic carbocycles. The number of carbonyl (C=O) groups excluding carboxylic acids is 3. The molecule has 1 aromatic heterocycles. The molecule has 0 radical (unpaired) electrons. The van der Waals surface area contributed by atoms with Crippen molar-refractivity contribution in [2.24, 2.45) is 5.92 Å². The number of rotatable bonds is 4. The van der Waals surface area contributed by atoms with Crippen LogP contribution in [0.5, 0.6) is 0 Å². The summed E-state index contributed by atoms with van der Waals surface area (Å²) in [6.45, 7) is 6.92. The first-order valence-corrected chi connectivity index (χ1v) is 9.25. The Morgan fingerprint density at radius 1 is 1.14 bits per heavy atom. The zero-order chi connectivity index (χ0) is 20.3. The first kappa shape index (κ1) is 19.7. The summed E-state index contributed by atoms with van der Waals surface area (Å²) in [5, 5.41) is 0. The van der Waals surface area contributed by atoms with Crippen LogP contribution < -0.4 is 10.9 Å². The Labute approximate surface area is 164 Å². The number of carbonyl (C=O) groups is 3. The Hall–Kier alpha value is -3.09. The standard InChI is InChI=1S/C21H25N3O4/c1-21(2,3)16-8-6-14(7-9-16)19(26)22-23-20(27)15-11-18(25)24(12-15)13-17-5-4-10-28-17/h4-10,15H,11-13H2,1-3H3,(H,22,26)(H,23,27). The van der Waals surface area contributed by atoms with Crippen molar-refractivity contribution >= 4 is 17.7 Å². The van der Waals surface area contributed by atoms with Crippen LogP contribution in [0, 0.1) is 5.92 Å². The number of likely N-dealkylation sites (tertiary alicyclic amines) is 1. The SMILES string of the molecule is CC(C)(C)c1ccc(C(=O)NNC(=O)C2CC(=O)N(Cc3ccco3)C2)cc1. The lowest BCUT2D eigenvalue weighted by Crippen LogP contribution is -2.45. The van der Waals surface area contributed by atoms with Crippen molar-refractivity contribution in [3.63, 3.8) is 0 Å². The number of hydrazine groups is 1. The highest BCUT2D eigenvalue weighted by atomic mass is 16.3. The molecule has 1 aliphatic heterocycles. The molecule has 28 heavy (non-hydrogen) atoms. The Bertz CT molecular complexity index is 851. The number of nitrogens with zero attached hydrogens (tertiary/aromatic N) is 1. The number of hydrogen-bond acceptors (Lipinski definition) is 4. The van der Waals surface area contributed by atoms with Gasteiger partial charge in [-0.05, 0) is 35.2 Å². The van der Waals surface area contributed by atoms with Crippen molar-refractivity contribution in [1.29, 1.82) is 0 Å². The number of nitrogens with one attached hydrogen (secondary N) is 2. The van der Waals surface area contributed by atoms with E-state index in [1.54, 1.807) is 35.4 Å². The minimum Gasteiger partial charge on any atom is -0.467 e. The molecule has 1 atom stereocenters. The van der Waals surface area contributed by atoms with E-state index in [1.165, 1.54) is 0 Å². The molecule has 1 aliphatic rings. The predicted molar refractivity (Wildman–Crippen MR) is 103 cm³/mol. The molecule has 2 N–H and O–H groups in total. The van der Waals surface area contributed by atoms with Crippen LogP contribution in [0.15, 0.2) is 47.1 Å². The molecular weight excluding hydrogens is 358 g/mol. The van der Waals surface area contributed by atoms with E-state index >= 15 is 0 Å². The van der Waals surface area contributed by atoms with Gasteiger partial charge in [0.25, 0.3) is 5.91 Å². The summed E-state index contributed by atoms with van der Waals surface area (Å²) < 4.78 is 5.25. The molecule has 2 heterocycles. The van der Waals surface area contributed by atoms with Crippen molar-refractivity contribution in [2.75, 3.05) is 6.54 Å². The van der Waals surface area contributed by atoms with Gasteiger partial charge in [-0.1, -0.05) is 32.9 Å². The minimum absolute atomic E-state index is 0.000245. The smallest absolute Gasteiger partial charge is 0.269 e. The zero-order valence-corrected chi connectivity index (χ0v) is 16.3. The maximum Gasteiger partial charge on any atom is 0.269 e. The van der Waals surface area contributed by atoms with Crippen molar-refractivity contribution in [3.05, 3.63) is 59.5 Å². The maximum atomic E-state index is 12.3. The van der Waals surface area contributed by atoms with E-state index in [2.05, 4.69) is 31.6 Å². The Kier molecular flexibility index (Phi) is 5.53. The van der Waals surface area contributed by atoms with E-state index < -0.39 is 11.8 Å². The van der Waals surface area contributed by atoms with Crippen LogP contribution in [0.25, 0.3) is 0 Å². The predicted octanol–water partition coefficient (Wildman–Crippen LogP) is 2.39. The van der Waals surface area contributed by atoms with E-state index in [9.17, 15) is 14.4 Å². The second kappa shape index (κ2) is 7.88. The van der Waals surface area contributed by atoms with Gasteiger partial charge >= 0.3 is 0 Å². The lowest BCUT2D eigenvalue weighted by molar-refractivity contribution is -0.129. The topological polar surface area (TPSA) is 91.7 Å². The molecular formula is C21H25N3O4. The fourth-order valence-electron chi connectivity index (χ4n) is 3.11. The molecule has 1 saturated heterocycles. The number of benzene rings is 1. The van der Waals surface area contributed by atoms with E-state index in [4.69, 9.17) is 4.42 Å². The lowest BCUT2D eigenvalue weighted by Gasteiger charge is -2.19. The van der Waals surface area contributed by atoms with Gasteiger partial charge in [-0.25, -0.2) is 0 Å². The summed E-state index contributed by atoms with van der Waals surface area (Å²) in [7, 11) is 0. The molecule has 1 fully saturated rings. The van der Waals surface area contributed by atoms with Gasteiger partial charge in [0.1, 0.15) is 5.76 Å². The quantitative estimate of drug-likeness (QED) is 0.793. The first-order chi connectivity index (χ1) is 13.2. The highest BCUT2D eigenvalue weighted by Gasteiger charge is 2.34. The average Bonchev–Trinajstić information content (AvgIpc) is 3.29. The third-order valence-corrected chi connectivity index (χ3v) is 4.82. The molecule has 0 saturated carbocycles. The van der Waals surface area contributed by atoms with Crippen LogP contribution in [0.2, 0.25) is 0 Å². The van der Waals surface area contributed by atoms with Gasteiger partial charge in [-0.2, -0.15) is 0 Å². The Morgan fingerprint density at radius 3 is 2.46 bits per heavy atom. The van der Waals surface area contributed by atoms with Gasteiger partial charge in [0.2, 0.25) is 11.8 Å². The summed E-state index contributed by atoms with van der Waals surface area (Å²) in [5.74, 6) is -0.728. The van der Waals surface area contributed by atoms with E-state index in [1.807, 2.05) is 12.1 Å².